The number of pyridine rings is 3. The van der Waals surface area contributed by atoms with Gasteiger partial charge in [-0.3, -0.25) is 9.59 Å². The van der Waals surface area contributed by atoms with Crippen LogP contribution < -0.4 is 31.1 Å². The molecule has 562 valence electrons. The van der Waals surface area contributed by atoms with Gasteiger partial charge in [0, 0.05) is 63.9 Å². The van der Waals surface area contributed by atoms with E-state index in [1.807, 2.05) is 16.7 Å². The Morgan fingerprint density at radius 3 is 1.06 bits per heavy atom. The van der Waals surface area contributed by atoms with Crippen LogP contribution in [0, 0.1) is 20.8 Å². The highest BCUT2D eigenvalue weighted by Crippen LogP contribution is 2.37. The molecule has 0 spiro atoms. The predicted octanol–water partition coefficient (Wildman–Crippen LogP) is 12.0. The molecule has 0 aliphatic carbocycles. The van der Waals surface area contributed by atoms with Crippen LogP contribution in [0.1, 0.15) is 169 Å². The van der Waals surface area contributed by atoms with Crippen molar-refractivity contribution in [2.75, 3.05) is 48.6 Å². The first kappa shape index (κ1) is 80.3. The molecule has 35 heteroatoms. The smallest absolute Gasteiger partial charge is 0.416 e. The first-order valence-corrected chi connectivity index (χ1v) is 32.4. The first-order chi connectivity index (χ1) is 49.5. The van der Waals surface area contributed by atoms with E-state index in [1.165, 1.54) is 56.9 Å². The molecule has 0 saturated heterocycles. The lowest BCUT2D eigenvalue weighted by Crippen LogP contribution is -2.29. The van der Waals surface area contributed by atoms with Crippen molar-refractivity contribution < 1.29 is 88.0 Å². The number of hydrogen-bond donors (Lipinski definition) is 5. The fraction of sp³-hybridized carbons (Fsp3) is 0.324. The molecule has 3 aliphatic rings. The van der Waals surface area contributed by atoms with Crippen molar-refractivity contribution in [2.24, 2.45) is 5.73 Å². The molecule has 0 radical (unpaired) electrons. The van der Waals surface area contributed by atoms with E-state index in [0.29, 0.717) is 118 Å². The number of benzene rings is 3. The van der Waals surface area contributed by atoms with Gasteiger partial charge in [-0.05, 0) is 130 Å². The van der Waals surface area contributed by atoms with E-state index in [0.717, 1.165) is 42.0 Å². The molecule has 25 nitrogen and oxygen atoms in total. The highest BCUT2D eigenvalue weighted by molar-refractivity contribution is 6.02. The van der Waals surface area contributed by atoms with Crippen LogP contribution in [0.5, 0.6) is 0 Å². The monoisotopic (exact) mass is 1500 g/mol. The van der Waals surface area contributed by atoms with Crippen molar-refractivity contribution in [1.82, 2.24) is 54.9 Å². The van der Waals surface area contributed by atoms with Crippen molar-refractivity contribution in [3.63, 3.8) is 0 Å². The number of rotatable bonds is 17. The minimum absolute atomic E-state index is 0. The summed E-state index contributed by atoms with van der Waals surface area (Å²) in [6, 6.07) is 23.9. The second kappa shape index (κ2) is 33.6. The number of anilines is 3. The van der Waals surface area contributed by atoms with Gasteiger partial charge in [0.2, 0.25) is 0 Å². The Kier molecular flexibility index (Phi) is 25.4. The Labute approximate surface area is 606 Å². The minimum atomic E-state index is -4.43. The number of nitrogens with one attached hydrogen (secondary N) is 2. The molecule has 6 aromatic heterocycles. The van der Waals surface area contributed by atoms with E-state index in [2.05, 4.69) is 50.4 Å². The topological polar surface area (TPSA) is 313 Å². The molecule has 3 atom stereocenters. The Balaban J connectivity index is 0.000000187. The first-order valence-electron chi connectivity index (χ1n) is 32.4. The zero-order valence-electron chi connectivity index (χ0n) is 58.1. The number of carboxylic acid groups (broad SMARTS) is 2. The summed E-state index contributed by atoms with van der Waals surface area (Å²) in [5, 5.41) is 37.2. The zero-order valence-corrected chi connectivity index (χ0v) is 59.0. The van der Waals surface area contributed by atoms with Crippen LogP contribution in [0.15, 0.2) is 128 Å². The number of alkyl halides is 9. The van der Waals surface area contributed by atoms with E-state index in [-0.39, 0.29) is 66.8 Å². The van der Waals surface area contributed by atoms with Crippen LogP contribution in [-0.2, 0) is 67.3 Å². The average molecular weight is 1500 g/mol. The van der Waals surface area contributed by atoms with Crippen LogP contribution in [0.4, 0.5) is 57.0 Å². The molecule has 0 fully saturated rings. The van der Waals surface area contributed by atoms with E-state index in [9.17, 15) is 73.4 Å². The van der Waals surface area contributed by atoms with Gasteiger partial charge in [-0.2, -0.15) is 54.8 Å². The third-order valence-corrected chi connectivity index (χ3v) is 17.1. The van der Waals surface area contributed by atoms with Gasteiger partial charge in [0.15, 0.2) is 0 Å². The second-order valence-electron chi connectivity index (χ2n) is 24.6. The van der Waals surface area contributed by atoms with Gasteiger partial charge >= 0.3 is 42.4 Å². The van der Waals surface area contributed by atoms with Gasteiger partial charge in [0.1, 0.15) is 51.2 Å². The number of hydrogen-bond acceptors (Lipinski definition) is 18. The number of methoxy groups -OCH3 is 2. The number of amides is 2. The van der Waals surface area contributed by atoms with Gasteiger partial charge in [0.25, 0.3) is 11.8 Å². The number of carbonyl (C=O) groups is 6. The predicted molar refractivity (Wildman–Crippen MR) is 369 cm³/mol. The highest BCUT2D eigenvalue weighted by Gasteiger charge is 2.37. The van der Waals surface area contributed by atoms with Gasteiger partial charge in [0.05, 0.1) is 79.7 Å². The quantitative estimate of drug-likeness (QED) is 0.0418. The lowest BCUT2D eigenvalue weighted by Gasteiger charge is -2.21. The van der Waals surface area contributed by atoms with Crippen LogP contribution in [0.2, 0.25) is 0 Å². The number of fused-ring (bicyclic) bond motifs is 3. The van der Waals surface area contributed by atoms with Crippen molar-refractivity contribution in [1.29, 1.82) is 0 Å². The molecular formula is C71H73ClF9N15O10. The number of nitrogens with two attached hydrogens (primary N) is 1. The highest BCUT2D eigenvalue weighted by atomic mass is 35.5. The molecule has 0 unspecified atom stereocenters. The molecule has 0 bridgehead atoms. The number of aromatic carboxylic acids is 2. The summed E-state index contributed by atoms with van der Waals surface area (Å²) in [4.78, 5) is 88.7. The number of aromatic nitrogens is 9. The summed E-state index contributed by atoms with van der Waals surface area (Å²) in [5.74, 6) is -2.38. The third-order valence-electron chi connectivity index (χ3n) is 17.1. The number of aryl methyl sites for hydroxylation is 3. The molecule has 9 heterocycles. The summed E-state index contributed by atoms with van der Waals surface area (Å²) < 4.78 is 131. The van der Waals surface area contributed by atoms with E-state index >= 15 is 0 Å². The van der Waals surface area contributed by atoms with E-state index in [4.69, 9.17) is 10.8 Å². The Morgan fingerprint density at radius 2 is 0.774 bits per heavy atom. The van der Waals surface area contributed by atoms with Gasteiger partial charge in [-0.25, -0.2) is 48.2 Å². The SMILES string of the molecule is COC(=O)c1ccc([C@H](C)N)cn1.COC(=O)c1ccc([C@H](C)NC(=O)c2c(C)nn3c2N(Cc2cccc(C(F)(F)F)c2)CC3)cn1.Cc1nn2c(c1C(=O)N[C@@H](C)c1ccc(C(=O)O)nc1)N(Cc1cccc(C(F)(F)F)c1)CC2.Cc1nn2c(c1C(=O)O)N(Cc1cccc(C(F)(F)F)c1)CC2.Cl. The minimum Gasteiger partial charge on any atom is -0.477 e. The number of nitrogens with zero attached hydrogens (tertiary/aromatic N) is 12. The lowest BCUT2D eigenvalue weighted by molar-refractivity contribution is -0.138. The molecule has 2 amide bonds. The summed E-state index contributed by atoms with van der Waals surface area (Å²) in [5.41, 5.74) is 9.76. The molecule has 6 N–H and O–H groups in total. The molecule has 3 aromatic carbocycles. The molecule has 3 aliphatic heterocycles. The normalized spacial score (nSPS) is 13.7. The molecular weight excluding hydrogens is 1430 g/mol. The number of ether oxygens (including phenoxy) is 2. The molecule has 9 aromatic rings. The second-order valence-corrected chi connectivity index (χ2v) is 24.6. The number of carbonyl (C=O) groups excluding carboxylic acids is 4. The summed E-state index contributed by atoms with van der Waals surface area (Å²) in [6.45, 7) is 14.1. The molecule has 0 saturated carbocycles. The standard InChI is InChI=1S/C24H24F3N5O3.C23H22F3N5O3.C15H14F3N3O2.C9H12N2O2.ClH/c1-14(17-7-8-19(28-12-17)23(34)35-3)29-21(33)20-15(2)30-32-10-9-31(22(20)32)13-16-5-4-6-18(11-16)24(25,26)27;1-13(16-6-7-18(22(33)34)27-11-16)28-20(32)19-14(2)29-31-9-8-30(21(19)31)12-15-4-3-5-17(10-15)23(24,25)26;1-9-12(14(22)23)13-20(5-6-21(13)19-9)8-10-3-2-4-11(7-10)15(16,17)18;1-6(10)7-3-4-8(11-5-7)9(12)13-2;/h4-8,11-12,14H,9-10,13H2,1-3H3,(H,29,33);3-7,10-11,13H,8-9,12H2,1-2H3,(H,28,32)(H,33,34);2-4,7H,5-6,8H2,1H3,(H,22,23);3-6H,10H2,1-2H3;1H/t14-;13-;;6-;/m00.0./s1. The van der Waals surface area contributed by atoms with Crippen LogP contribution in [-0.4, -0.2) is 124 Å². The molecule has 106 heavy (non-hydrogen) atoms. The lowest BCUT2D eigenvalue weighted by atomic mass is 10.1. The Bertz CT molecular complexity index is 4660. The summed E-state index contributed by atoms with van der Waals surface area (Å²) >= 11 is 0. The number of esters is 2. The van der Waals surface area contributed by atoms with Gasteiger partial charge < -0.3 is 50.8 Å². The van der Waals surface area contributed by atoms with Crippen LogP contribution in [0.25, 0.3) is 0 Å². The van der Waals surface area contributed by atoms with Crippen molar-refractivity contribution in [3.8, 4) is 0 Å². The third kappa shape index (κ3) is 19.1. The van der Waals surface area contributed by atoms with Gasteiger partial charge in [-0.15, -0.1) is 12.4 Å². The largest absolute Gasteiger partial charge is 0.477 e. The maximum Gasteiger partial charge on any atom is 0.416 e. The van der Waals surface area contributed by atoms with Crippen molar-refractivity contribution in [2.45, 2.75) is 117 Å². The van der Waals surface area contributed by atoms with Crippen LogP contribution >= 0.6 is 12.4 Å². The van der Waals surface area contributed by atoms with E-state index < -0.39 is 71.2 Å². The van der Waals surface area contributed by atoms with Crippen molar-refractivity contribution in [3.05, 3.63) is 229 Å². The molecule has 12 rings (SSSR count). The van der Waals surface area contributed by atoms with E-state index in [1.54, 1.807) is 102 Å². The number of carboxylic acids is 2. The van der Waals surface area contributed by atoms with Crippen molar-refractivity contribution >= 4 is 65.6 Å². The fourth-order valence-corrected chi connectivity index (χ4v) is 11.8. The fourth-order valence-electron chi connectivity index (χ4n) is 11.8. The maximum absolute atomic E-state index is 13.2. The summed E-state index contributed by atoms with van der Waals surface area (Å²) in [7, 11) is 2.59. The maximum atomic E-state index is 13.2. The zero-order chi connectivity index (χ0) is 76.6. The summed E-state index contributed by atoms with van der Waals surface area (Å²) in [6.07, 6.45) is -8.79. The van der Waals surface area contributed by atoms with Gasteiger partial charge in [-0.1, -0.05) is 54.6 Å². The van der Waals surface area contributed by atoms with Crippen LogP contribution in [0.3, 0.4) is 0 Å². The Morgan fingerprint density at radius 1 is 0.462 bits per heavy atom. The Hall–Kier alpha value is -11.4. The average Bonchev–Trinajstić information content (AvgIpc) is 1.63. The number of halogens is 10.